The molecule has 0 bridgehead atoms. The first-order valence-corrected chi connectivity index (χ1v) is 4.66. The highest BCUT2D eigenvalue weighted by molar-refractivity contribution is 5.62. The summed E-state index contributed by atoms with van der Waals surface area (Å²) in [6.07, 6.45) is 0. The maximum atomic E-state index is 5.22. The van der Waals surface area contributed by atoms with Gasteiger partial charge >= 0.3 is 0 Å². The van der Waals surface area contributed by atoms with Crippen molar-refractivity contribution in [1.82, 2.24) is 10.1 Å². The van der Waals surface area contributed by atoms with Crippen LogP contribution >= 0.6 is 0 Å². The first-order valence-electron chi connectivity index (χ1n) is 4.66. The molecule has 1 aromatic carbocycles. The Morgan fingerprint density at radius 3 is 2.67 bits per heavy atom. The van der Waals surface area contributed by atoms with Crippen LogP contribution in [0, 0.1) is 13.8 Å². The third-order valence-corrected chi connectivity index (χ3v) is 2.26. The number of hydrogen-bond acceptors (Lipinski definition) is 4. The Morgan fingerprint density at radius 1 is 1.27 bits per heavy atom. The first kappa shape index (κ1) is 9.71. The van der Waals surface area contributed by atoms with E-state index in [1.165, 1.54) is 0 Å². The Morgan fingerprint density at radius 2 is 2.07 bits per heavy atom. The Bertz CT molecular complexity index is 477. The third-order valence-electron chi connectivity index (χ3n) is 2.26. The number of aromatic nitrogens is 2. The fourth-order valence-corrected chi connectivity index (χ4v) is 1.47. The zero-order chi connectivity index (χ0) is 10.8. The molecule has 0 saturated heterocycles. The predicted molar refractivity (Wildman–Crippen MR) is 55.8 cm³/mol. The lowest BCUT2D eigenvalue weighted by molar-refractivity contribution is 0.409. The van der Waals surface area contributed by atoms with E-state index in [1.54, 1.807) is 14.0 Å². The van der Waals surface area contributed by atoms with Gasteiger partial charge in [0, 0.05) is 11.1 Å². The molecule has 0 unspecified atom stereocenters. The van der Waals surface area contributed by atoms with Crippen LogP contribution < -0.4 is 4.74 Å². The fraction of sp³-hybridized carbons (Fsp3) is 0.273. The number of methoxy groups -OCH3 is 1. The lowest BCUT2D eigenvalue weighted by Crippen LogP contribution is -1.90. The van der Waals surface area contributed by atoms with Crippen molar-refractivity contribution in [3.8, 4) is 17.2 Å². The minimum Gasteiger partial charge on any atom is -0.496 e. The SMILES string of the molecule is COc1cccc(-c2nc(C)no2)c1C. The van der Waals surface area contributed by atoms with Gasteiger partial charge in [-0.15, -0.1) is 0 Å². The second-order valence-electron chi connectivity index (χ2n) is 3.28. The number of ether oxygens (including phenoxy) is 1. The van der Waals surface area contributed by atoms with Gasteiger partial charge in [0.2, 0.25) is 0 Å². The molecule has 0 aliphatic carbocycles. The van der Waals surface area contributed by atoms with Crippen LogP contribution in [0.5, 0.6) is 5.75 Å². The van der Waals surface area contributed by atoms with Gasteiger partial charge in [0.1, 0.15) is 5.75 Å². The summed E-state index contributed by atoms with van der Waals surface area (Å²) in [5.74, 6) is 1.99. The van der Waals surface area contributed by atoms with Crippen molar-refractivity contribution >= 4 is 0 Å². The molecular formula is C11H12N2O2. The zero-order valence-corrected chi connectivity index (χ0v) is 8.94. The first-order chi connectivity index (χ1) is 7.22. The molecule has 1 aromatic heterocycles. The average Bonchev–Trinajstić information content (AvgIpc) is 2.65. The highest BCUT2D eigenvalue weighted by atomic mass is 16.5. The normalized spacial score (nSPS) is 10.3. The molecule has 0 radical (unpaired) electrons. The van der Waals surface area contributed by atoms with E-state index < -0.39 is 0 Å². The van der Waals surface area contributed by atoms with Gasteiger partial charge in [0.05, 0.1) is 7.11 Å². The maximum Gasteiger partial charge on any atom is 0.258 e. The maximum absolute atomic E-state index is 5.22. The molecule has 4 heteroatoms. The smallest absolute Gasteiger partial charge is 0.258 e. The van der Waals surface area contributed by atoms with E-state index in [-0.39, 0.29) is 0 Å². The molecule has 78 valence electrons. The van der Waals surface area contributed by atoms with Gasteiger partial charge in [0.25, 0.3) is 5.89 Å². The summed E-state index contributed by atoms with van der Waals surface area (Å²) in [5, 5.41) is 3.76. The van der Waals surface area contributed by atoms with E-state index in [1.807, 2.05) is 25.1 Å². The molecule has 0 atom stereocenters. The Hall–Kier alpha value is -1.84. The van der Waals surface area contributed by atoms with Crippen molar-refractivity contribution in [2.75, 3.05) is 7.11 Å². The van der Waals surface area contributed by atoms with Crippen LogP contribution in [-0.2, 0) is 0 Å². The Labute approximate surface area is 87.9 Å². The number of benzene rings is 1. The number of hydrogen-bond donors (Lipinski definition) is 0. The van der Waals surface area contributed by atoms with Gasteiger partial charge in [-0.1, -0.05) is 11.2 Å². The summed E-state index contributed by atoms with van der Waals surface area (Å²) in [5.41, 5.74) is 1.92. The van der Waals surface area contributed by atoms with Gasteiger partial charge in [-0.3, -0.25) is 0 Å². The molecule has 0 aliphatic heterocycles. The van der Waals surface area contributed by atoms with E-state index in [2.05, 4.69) is 10.1 Å². The van der Waals surface area contributed by atoms with Crippen molar-refractivity contribution in [1.29, 1.82) is 0 Å². The molecule has 0 spiro atoms. The summed E-state index contributed by atoms with van der Waals surface area (Å²) in [4.78, 5) is 4.18. The molecular weight excluding hydrogens is 192 g/mol. The van der Waals surface area contributed by atoms with Crippen molar-refractivity contribution in [3.05, 3.63) is 29.6 Å². The minimum atomic E-state index is 0.531. The number of rotatable bonds is 2. The van der Waals surface area contributed by atoms with Gasteiger partial charge in [-0.05, 0) is 26.0 Å². The molecule has 0 saturated carbocycles. The minimum absolute atomic E-state index is 0.531. The van der Waals surface area contributed by atoms with Crippen LogP contribution in [0.1, 0.15) is 11.4 Å². The van der Waals surface area contributed by atoms with Crippen molar-refractivity contribution in [2.45, 2.75) is 13.8 Å². The summed E-state index contributed by atoms with van der Waals surface area (Å²) >= 11 is 0. The summed E-state index contributed by atoms with van der Waals surface area (Å²) in [7, 11) is 1.64. The number of aryl methyl sites for hydroxylation is 1. The second-order valence-corrected chi connectivity index (χ2v) is 3.28. The average molecular weight is 204 g/mol. The summed E-state index contributed by atoms with van der Waals surface area (Å²) < 4.78 is 10.3. The van der Waals surface area contributed by atoms with Crippen LogP contribution in [0.2, 0.25) is 0 Å². The molecule has 2 rings (SSSR count). The highest BCUT2D eigenvalue weighted by Gasteiger charge is 2.11. The highest BCUT2D eigenvalue weighted by Crippen LogP contribution is 2.28. The molecule has 1 heterocycles. The van der Waals surface area contributed by atoms with Crippen molar-refractivity contribution < 1.29 is 9.26 Å². The molecule has 0 amide bonds. The van der Waals surface area contributed by atoms with Crippen LogP contribution in [0.25, 0.3) is 11.5 Å². The van der Waals surface area contributed by atoms with Crippen LogP contribution in [0.4, 0.5) is 0 Å². The van der Waals surface area contributed by atoms with E-state index in [9.17, 15) is 0 Å². The Kier molecular flexibility index (Phi) is 2.41. The van der Waals surface area contributed by atoms with Crippen LogP contribution in [0.15, 0.2) is 22.7 Å². The van der Waals surface area contributed by atoms with E-state index in [4.69, 9.17) is 9.26 Å². The van der Waals surface area contributed by atoms with Crippen molar-refractivity contribution in [2.24, 2.45) is 0 Å². The molecule has 15 heavy (non-hydrogen) atoms. The van der Waals surface area contributed by atoms with E-state index >= 15 is 0 Å². The molecule has 2 aromatic rings. The van der Waals surface area contributed by atoms with Crippen LogP contribution in [0.3, 0.4) is 0 Å². The largest absolute Gasteiger partial charge is 0.496 e. The van der Waals surface area contributed by atoms with Gasteiger partial charge in [-0.25, -0.2) is 0 Å². The van der Waals surface area contributed by atoms with Gasteiger partial charge in [0.15, 0.2) is 5.82 Å². The van der Waals surface area contributed by atoms with E-state index in [0.29, 0.717) is 11.7 Å². The zero-order valence-electron chi connectivity index (χ0n) is 8.94. The molecule has 4 nitrogen and oxygen atoms in total. The summed E-state index contributed by atoms with van der Waals surface area (Å²) in [6, 6.07) is 5.74. The third kappa shape index (κ3) is 1.70. The monoisotopic (exact) mass is 204 g/mol. The molecule has 0 fully saturated rings. The second kappa shape index (κ2) is 3.73. The topological polar surface area (TPSA) is 48.2 Å². The number of nitrogens with zero attached hydrogens (tertiary/aromatic N) is 2. The molecule has 0 aliphatic rings. The van der Waals surface area contributed by atoms with Gasteiger partial charge < -0.3 is 9.26 Å². The predicted octanol–water partition coefficient (Wildman–Crippen LogP) is 2.36. The fourth-order valence-electron chi connectivity index (χ4n) is 1.47. The standard InChI is InChI=1S/C11H12N2O2/c1-7-9(5-4-6-10(7)14-3)11-12-8(2)13-15-11/h4-6H,1-3H3. The lowest BCUT2D eigenvalue weighted by atomic mass is 10.1. The van der Waals surface area contributed by atoms with Gasteiger partial charge in [-0.2, -0.15) is 4.98 Å². The van der Waals surface area contributed by atoms with Crippen LogP contribution in [-0.4, -0.2) is 17.3 Å². The molecule has 0 N–H and O–H groups in total. The van der Waals surface area contributed by atoms with Crippen molar-refractivity contribution in [3.63, 3.8) is 0 Å². The quantitative estimate of drug-likeness (QED) is 0.753. The van der Waals surface area contributed by atoms with E-state index in [0.717, 1.165) is 16.9 Å². The summed E-state index contributed by atoms with van der Waals surface area (Å²) in [6.45, 7) is 3.76. The lowest BCUT2D eigenvalue weighted by Gasteiger charge is -2.06. The Balaban J connectivity index is 2.53.